The summed E-state index contributed by atoms with van der Waals surface area (Å²) >= 11 is 0. The van der Waals surface area contributed by atoms with Gasteiger partial charge in [-0.1, -0.05) is 12.8 Å². The van der Waals surface area contributed by atoms with Crippen molar-refractivity contribution in [1.29, 1.82) is 0 Å². The Hall–Kier alpha value is -1.71. The van der Waals surface area contributed by atoms with E-state index in [4.69, 9.17) is 15.2 Å². The van der Waals surface area contributed by atoms with Crippen molar-refractivity contribution in [3.05, 3.63) is 23.8 Å². The van der Waals surface area contributed by atoms with Gasteiger partial charge in [-0.25, -0.2) is 4.79 Å². The first kappa shape index (κ1) is 14.7. The van der Waals surface area contributed by atoms with E-state index in [9.17, 15) is 4.79 Å². The number of hydrogen-bond donors (Lipinski definition) is 1. The predicted molar refractivity (Wildman–Crippen MR) is 78.9 cm³/mol. The zero-order valence-corrected chi connectivity index (χ0v) is 12.1. The molecule has 0 unspecified atom stereocenters. The molecule has 1 saturated carbocycles. The fourth-order valence-corrected chi connectivity index (χ4v) is 2.55. The van der Waals surface area contributed by atoms with Crippen molar-refractivity contribution in [3.63, 3.8) is 0 Å². The van der Waals surface area contributed by atoms with Crippen LogP contribution in [0.1, 0.15) is 55.8 Å². The van der Waals surface area contributed by atoms with Crippen LogP contribution in [0.3, 0.4) is 0 Å². The number of carbonyl (C=O) groups excluding carboxylic acids is 1. The number of anilines is 1. The van der Waals surface area contributed by atoms with E-state index in [1.807, 2.05) is 6.07 Å². The molecule has 0 aliphatic heterocycles. The summed E-state index contributed by atoms with van der Waals surface area (Å²) in [6, 6.07) is 5.22. The molecule has 4 nitrogen and oxygen atoms in total. The summed E-state index contributed by atoms with van der Waals surface area (Å²) in [4.78, 5) is 11.8. The Bertz CT molecular complexity index is 451. The highest BCUT2D eigenvalue weighted by Gasteiger charge is 2.16. The monoisotopic (exact) mass is 277 g/mol. The Kier molecular flexibility index (Phi) is 5.27. The van der Waals surface area contributed by atoms with Gasteiger partial charge >= 0.3 is 5.97 Å². The van der Waals surface area contributed by atoms with E-state index in [0.717, 1.165) is 12.8 Å². The van der Waals surface area contributed by atoms with Gasteiger partial charge in [-0.2, -0.15) is 0 Å². The van der Waals surface area contributed by atoms with Crippen LogP contribution in [0, 0.1) is 0 Å². The molecule has 1 aliphatic carbocycles. The molecule has 0 saturated heterocycles. The standard InChI is InChI=1S/C16H23NO3/c1-2-19-16(18)14-11-13(9-10-15(14)17)20-12-7-5-3-4-6-8-12/h9-12H,2-8,17H2,1H3. The van der Waals surface area contributed by atoms with Crippen LogP contribution in [-0.4, -0.2) is 18.7 Å². The van der Waals surface area contributed by atoms with Crippen LogP contribution in [0.2, 0.25) is 0 Å². The Morgan fingerprint density at radius 3 is 2.60 bits per heavy atom. The Labute approximate surface area is 120 Å². The van der Waals surface area contributed by atoms with Crippen LogP contribution in [0.4, 0.5) is 5.69 Å². The van der Waals surface area contributed by atoms with Crippen LogP contribution in [0.5, 0.6) is 5.75 Å². The summed E-state index contributed by atoms with van der Waals surface area (Å²) in [5.74, 6) is 0.311. The summed E-state index contributed by atoms with van der Waals surface area (Å²) in [6.07, 6.45) is 7.41. The molecule has 0 bridgehead atoms. The molecule has 0 aromatic heterocycles. The van der Waals surface area contributed by atoms with Gasteiger partial charge < -0.3 is 15.2 Å². The number of carbonyl (C=O) groups is 1. The molecule has 2 rings (SSSR count). The Morgan fingerprint density at radius 1 is 1.25 bits per heavy atom. The van der Waals surface area contributed by atoms with Gasteiger partial charge in [0.1, 0.15) is 5.75 Å². The molecular formula is C16H23NO3. The largest absolute Gasteiger partial charge is 0.490 e. The van der Waals surface area contributed by atoms with Gasteiger partial charge in [-0.05, 0) is 50.8 Å². The van der Waals surface area contributed by atoms with Crippen LogP contribution < -0.4 is 10.5 Å². The predicted octanol–water partition coefficient (Wildman–Crippen LogP) is 3.55. The minimum absolute atomic E-state index is 0.246. The highest BCUT2D eigenvalue weighted by atomic mass is 16.5. The zero-order valence-electron chi connectivity index (χ0n) is 12.1. The quantitative estimate of drug-likeness (QED) is 0.519. The minimum atomic E-state index is -0.392. The average molecular weight is 277 g/mol. The third kappa shape index (κ3) is 3.89. The first-order valence-corrected chi connectivity index (χ1v) is 7.44. The zero-order chi connectivity index (χ0) is 14.4. The number of rotatable bonds is 4. The number of hydrogen-bond acceptors (Lipinski definition) is 4. The van der Waals surface area contributed by atoms with Crippen LogP contribution in [0.25, 0.3) is 0 Å². The molecule has 1 fully saturated rings. The lowest BCUT2D eigenvalue weighted by Crippen LogP contribution is -2.16. The summed E-state index contributed by atoms with van der Waals surface area (Å²) in [7, 11) is 0. The Balaban J connectivity index is 2.08. The third-order valence-corrected chi connectivity index (χ3v) is 3.63. The number of esters is 1. The van der Waals surface area contributed by atoms with Crippen molar-refractivity contribution in [1.82, 2.24) is 0 Å². The summed E-state index contributed by atoms with van der Waals surface area (Å²) in [5, 5.41) is 0. The molecule has 0 spiro atoms. The molecular weight excluding hydrogens is 254 g/mol. The molecule has 2 N–H and O–H groups in total. The fraction of sp³-hybridized carbons (Fsp3) is 0.562. The molecule has 110 valence electrons. The van der Waals surface area contributed by atoms with Crippen molar-refractivity contribution in [3.8, 4) is 5.75 Å². The molecule has 4 heteroatoms. The van der Waals surface area contributed by atoms with Crippen molar-refractivity contribution in [2.45, 2.75) is 51.6 Å². The number of nitrogen functional groups attached to an aromatic ring is 1. The van der Waals surface area contributed by atoms with E-state index < -0.39 is 5.97 Å². The van der Waals surface area contributed by atoms with Gasteiger partial charge in [0, 0.05) is 5.69 Å². The number of nitrogens with two attached hydrogens (primary N) is 1. The molecule has 1 aromatic rings. The van der Waals surface area contributed by atoms with E-state index in [1.165, 1.54) is 25.7 Å². The van der Waals surface area contributed by atoms with E-state index in [0.29, 0.717) is 23.6 Å². The van der Waals surface area contributed by atoms with Gasteiger partial charge in [0.05, 0.1) is 18.3 Å². The maximum absolute atomic E-state index is 11.8. The topological polar surface area (TPSA) is 61.5 Å². The summed E-state index contributed by atoms with van der Waals surface area (Å²) < 4.78 is 11.0. The van der Waals surface area contributed by atoms with Gasteiger partial charge in [0.2, 0.25) is 0 Å². The normalized spacial score (nSPS) is 16.4. The lowest BCUT2D eigenvalue weighted by Gasteiger charge is -2.17. The van der Waals surface area contributed by atoms with Gasteiger partial charge in [-0.15, -0.1) is 0 Å². The highest BCUT2D eigenvalue weighted by molar-refractivity contribution is 5.95. The lowest BCUT2D eigenvalue weighted by atomic mass is 10.1. The molecule has 0 heterocycles. The second-order valence-corrected chi connectivity index (χ2v) is 5.20. The highest BCUT2D eigenvalue weighted by Crippen LogP contribution is 2.25. The van der Waals surface area contributed by atoms with Crippen molar-refractivity contribution < 1.29 is 14.3 Å². The molecule has 1 aliphatic rings. The SMILES string of the molecule is CCOC(=O)c1cc(OC2CCCCCC2)ccc1N. The van der Waals surface area contributed by atoms with Gasteiger partial charge in [0.15, 0.2) is 0 Å². The van der Waals surface area contributed by atoms with Gasteiger partial charge in [0.25, 0.3) is 0 Å². The van der Waals surface area contributed by atoms with E-state index in [-0.39, 0.29) is 6.10 Å². The third-order valence-electron chi connectivity index (χ3n) is 3.63. The second-order valence-electron chi connectivity index (χ2n) is 5.20. The smallest absolute Gasteiger partial charge is 0.340 e. The molecule has 1 aromatic carbocycles. The fourth-order valence-electron chi connectivity index (χ4n) is 2.55. The van der Waals surface area contributed by atoms with E-state index in [1.54, 1.807) is 19.1 Å². The minimum Gasteiger partial charge on any atom is -0.490 e. The lowest BCUT2D eigenvalue weighted by molar-refractivity contribution is 0.0526. The second kappa shape index (κ2) is 7.17. The Morgan fingerprint density at radius 2 is 1.95 bits per heavy atom. The maximum atomic E-state index is 11.8. The maximum Gasteiger partial charge on any atom is 0.340 e. The number of ether oxygens (including phenoxy) is 2. The van der Waals surface area contributed by atoms with Gasteiger partial charge in [-0.3, -0.25) is 0 Å². The first-order chi connectivity index (χ1) is 9.70. The van der Waals surface area contributed by atoms with E-state index >= 15 is 0 Å². The molecule has 0 amide bonds. The van der Waals surface area contributed by atoms with Crippen molar-refractivity contribution >= 4 is 11.7 Å². The first-order valence-electron chi connectivity index (χ1n) is 7.44. The average Bonchev–Trinajstić information content (AvgIpc) is 2.70. The summed E-state index contributed by atoms with van der Waals surface area (Å²) in [5.41, 5.74) is 6.64. The summed E-state index contributed by atoms with van der Waals surface area (Å²) in [6.45, 7) is 2.12. The number of benzene rings is 1. The van der Waals surface area contributed by atoms with Crippen LogP contribution in [0.15, 0.2) is 18.2 Å². The molecule has 0 atom stereocenters. The van der Waals surface area contributed by atoms with E-state index in [2.05, 4.69) is 0 Å². The van der Waals surface area contributed by atoms with Crippen LogP contribution in [-0.2, 0) is 4.74 Å². The molecule has 0 radical (unpaired) electrons. The van der Waals surface area contributed by atoms with Crippen LogP contribution >= 0.6 is 0 Å². The van der Waals surface area contributed by atoms with Crippen molar-refractivity contribution in [2.24, 2.45) is 0 Å². The van der Waals surface area contributed by atoms with Crippen molar-refractivity contribution in [2.75, 3.05) is 12.3 Å². The molecule has 20 heavy (non-hydrogen) atoms.